The molecule has 0 aromatic carbocycles. The van der Waals surface area contributed by atoms with E-state index in [1.807, 2.05) is 0 Å². The van der Waals surface area contributed by atoms with Crippen LogP contribution in [0.4, 0.5) is 0 Å². The molecule has 5 heteroatoms. The summed E-state index contributed by atoms with van der Waals surface area (Å²) in [5.41, 5.74) is 5.19. The van der Waals surface area contributed by atoms with Crippen LogP contribution < -0.4 is 16.4 Å². The standard InChI is InChI=1S/C10H21N3O2/c1-8(2)4-3-6-12-9(14)10(15)13-7-5-11/h8H,3-7,11H2,1-2H3,(H,12,14)(H,13,15). The van der Waals surface area contributed by atoms with Crippen LogP contribution in [0, 0.1) is 5.92 Å². The summed E-state index contributed by atoms with van der Waals surface area (Å²) in [4.78, 5) is 22.2. The Morgan fingerprint density at radius 3 is 2.13 bits per heavy atom. The van der Waals surface area contributed by atoms with Crippen LogP contribution in [0.3, 0.4) is 0 Å². The fourth-order valence-electron chi connectivity index (χ4n) is 1.06. The first-order valence-corrected chi connectivity index (χ1v) is 5.34. The number of hydrogen-bond donors (Lipinski definition) is 3. The average Bonchev–Trinajstić information content (AvgIpc) is 2.20. The van der Waals surface area contributed by atoms with E-state index in [1.165, 1.54) is 0 Å². The zero-order chi connectivity index (χ0) is 11.7. The van der Waals surface area contributed by atoms with Crippen LogP contribution in [0.15, 0.2) is 0 Å². The fraction of sp³-hybridized carbons (Fsp3) is 0.800. The minimum absolute atomic E-state index is 0.332. The van der Waals surface area contributed by atoms with Crippen molar-refractivity contribution in [1.29, 1.82) is 0 Å². The highest BCUT2D eigenvalue weighted by molar-refractivity contribution is 6.35. The van der Waals surface area contributed by atoms with Crippen LogP contribution in [-0.2, 0) is 9.59 Å². The largest absolute Gasteiger partial charge is 0.348 e. The van der Waals surface area contributed by atoms with Gasteiger partial charge in [0, 0.05) is 19.6 Å². The molecule has 0 fully saturated rings. The molecule has 0 saturated heterocycles. The number of amides is 2. The Morgan fingerprint density at radius 2 is 1.67 bits per heavy atom. The summed E-state index contributed by atoms with van der Waals surface area (Å²) in [6, 6.07) is 0. The zero-order valence-corrected chi connectivity index (χ0v) is 9.51. The summed E-state index contributed by atoms with van der Waals surface area (Å²) >= 11 is 0. The van der Waals surface area contributed by atoms with Crippen molar-refractivity contribution in [1.82, 2.24) is 10.6 Å². The van der Waals surface area contributed by atoms with Crippen molar-refractivity contribution in [3.8, 4) is 0 Å². The molecule has 0 aromatic heterocycles. The summed E-state index contributed by atoms with van der Waals surface area (Å²) in [6.45, 7) is 5.46. The second-order valence-corrected chi connectivity index (χ2v) is 3.84. The van der Waals surface area contributed by atoms with E-state index in [1.54, 1.807) is 0 Å². The maximum absolute atomic E-state index is 11.1. The van der Waals surface area contributed by atoms with Gasteiger partial charge in [-0.1, -0.05) is 13.8 Å². The molecule has 5 nitrogen and oxygen atoms in total. The van der Waals surface area contributed by atoms with Crippen LogP contribution >= 0.6 is 0 Å². The van der Waals surface area contributed by atoms with Gasteiger partial charge in [-0.15, -0.1) is 0 Å². The minimum atomic E-state index is -0.606. The van der Waals surface area contributed by atoms with Crippen LogP contribution in [0.1, 0.15) is 26.7 Å². The number of hydrogen-bond acceptors (Lipinski definition) is 3. The van der Waals surface area contributed by atoms with Crippen LogP contribution in [0.2, 0.25) is 0 Å². The first-order chi connectivity index (χ1) is 7.07. The van der Waals surface area contributed by atoms with Gasteiger partial charge in [0.05, 0.1) is 0 Å². The predicted molar refractivity (Wildman–Crippen MR) is 59.1 cm³/mol. The molecule has 0 unspecified atom stereocenters. The molecule has 0 aliphatic heterocycles. The first kappa shape index (κ1) is 13.9. The van der Waals surface area contributed by atoms with Crippen molar-refractivity contribution in [2.75, 3.05) is 19.6 Å². The number of carbonyl (C=O) groups excluding carboxylic acids is 2. The average molecular weight is 215 g/mol. The van der Waals surface area contributed by atoms with E-state index in [0.717, 1.165) is 12.8 Å². The van der Waals surface area contributed by atoms with E-state index in [2.05, 4.69) is 24.5 Å². The first-order valence-electron chi connectivity index (χ1n) is 5.34. The van der Waals surface area contributed by atoms with E-state index in [4.69, 9.17) is 5.73 Å². The summed E-state index contributed by atoms with van der Waals surface area (Å²) in [7, 11) is 0. The van der Waals surface area contributed by atoms with Crippen LogP contribution in [0.5, 0.6) is 0 Å². The number of rotatable bonds is 6. The van der Waals surface area contributed by atoms with E-state index < -0.39 is 11.8 Å². The van der Waals surface area contributed by atoms with Gasteiger partial charge in [-0.05, 0) is 18.8 Å². The Hall–Kier alpha value is -1.10. The van der Waals surface area contributed by atoms with Crippen molar-refractivity contribution >= 4 is 11.8 Å². The summed E-state index contributed by atoms with van der Waals surface area (Å²) in [5, 5.41) is 4.96. The maximum Gasteiger partial charge on any atom is 0.309 e. The van der Waals surface area contributed by atoms with E-state index in [9.17, 15) is 9.59 Å². The zero-order valence-electron chi connectivity index (χ0n) is 9.51. The van der Waals surface area contributed by atoms with Gasteiger partial charge in [0.15, 0.2) is 0 Å². The molecular formula is C10H21N3O2. The molecule has 15 heavy (non-hydrogen) atoms. The monoisotopic (exact) mass is 215 g/mol. The third-order valence-corrected chi connectivity index (χ3v) is 1.88. The normalized spacial score (nSPS) is 10.1. The van der Waals surface area contributed by atoms with Crippen molar-refractivity contribution in [3.63, 3.8) is 0 Å². The van der Waals surface area contributed by atoms with Crippen molar-refractivity contribution in [2.45, 2.75) is 26.7 Å². The molecule has 0 aromatic rings. The Labute approximate surface area is 90.8 Å². The summed E-state index contributed by atoms with van der Waals surface area (Å²) < 4.78 is 0. The lowest BCUT2D eigenvalue weighted by Gasteiger charge is -2.06. The van der Waals surface area contributed by atoms with E-state index in [0.29, 0.717) is 25.6 Å². The SMILES string of the molecule is CC(C)CCCNC(=O)C(=O)NCCN. The molecule has 0 bridgehead atoms. The lowest BCUT2D eigenvalue weighted by molar-refractivity contribution is -0.139. The van der Waals surface area contributed by atoms with Gasteiger partial charge in [0.2, 0.25) is 0 Å². The smallest absolute Gasteiger partial charge is 0.309 e. The molecule has 0 rings (SSSR count). The summed E-state index contributed by atoms with van der Waals surface area (Å²) in [6.07, 6.45) is 1.94. The number of nitrogens with one attached hydrogen (secondary N) is 2. The fourth-order valence-corrected chi connectivity index (χ4v) is 1.06. The van der Waals surface area contributed by atoms with Crippen LogP contribution in [0.25, 0.3) is 0 Å². The summed E-state index contributed by atoms with van der Waals surface area (Å²) in [5.74, 6) is -0.565. The van der Waals surface area contributed by atoms with Gasteiger partial charge in [-0.25, -0.2) is 0 Å². The molecule has 0 spiro atoms. The highest BCUT2D eigenvalue weighted by Crippen LogP contribution is 2.01. The topological polar surface area (TPSA) is 84.2 Å². The third kappa shape index (κ3) is 7.93. The van der Waals surface area contributed by atoms with E-state index in [-0.39, 0.29) is 0 Å². The van der Waals surface area contributed by atoms with Crippen molar-refractivity contribution in [2.24, 2.45) is 11.7 Å². The molecule has 88 valence electrons. The highest BCUT2D eigenvalue weighted by atomic mass is 16.2. The lowest BCUT2D eigenvalue weighted by Crippen LogP contribution is -2.41. The van der Waals surface area contributed by atoms with Crippen LogP contribution in [-0.4, -0.2) is 31.4 Å². The number of carbonyl (C=O) groups is 2. The third-order valence-electron chi connectivity index (χ3n) is 1.88. The van der Waals surface area contributed by atoms with E-state index >= 15 is 0 Å². The molecule has 0 saturated carbocycles. The Balaban J connectivity index is 3.51. The van der Waals surface area contributed by atoms with Gasteiger partial charge >= 0.3 is 11.8 Å². The van der Waals surface area contributed by atoms with Gasteiger partial charge in [-0.3, -0.25) is 9.59 Å². The molecular weight excluding hydrogens is 194 g/mol. The van der Waals surface area contributed by atoms with Gasteiger partial charge in [0.25, 0.3) is 0 Å². The second kappa shape index (κ2) is 8.23. The molecule has 0 radical (unpaired) electrons. The minimum Gasteiger partial charge on any atom is -0.348 e. The second-order valence-electron chi connectivity index (χ2n) is 3.84. The van der Waals surface area contributed by atoms with Gasteiger partial charge in [0.1, 0.15) is 0 Å². The molecule has 0 heterocycles. The Morgan fingerprint density at radius 1 is 1.13 bits per heavy atom. The lowest BCUT2D eigenvalue weighted by atomic mass is 10.1. The Kier molecular flexibility index (Phi) is 7.62. The predicted octanol–water partition coefficient (Wildman–Crippen LogP) is -0.386. The van der Waals surface area contributed by atoms with Crippen molar-refractivity contribution in [3.05, 3.63) is 0 Å². The molecule has 0 aliphatic carbocycles. The highest BCUT2D eigenvalue weighted by Gasteiger charge is 2.10. The van der Waals surface area contributed by atoms with Crippen molar-refractivity contribution < 1.29 is 9.59 Å². The maximum atomic E-state index is 11.1. The molecule has 0 aliphatic rings. The van der Waals surface area contributed by atoms with Gasteiger partial charge < -0.3 is 16.4 Å². The quantitative estimate of drug-likeness (QED) is 0.417. The molecule has 4 N–H and O–H groups in total. The molecule has 2 amide bonds. The Bertz CT molecular complexity index is 205. The molecule has 0 atom stereocenters. The number of nitrogens with two attached hydrogens (primary N) is 1. The van der Waals surface area contributed by atoms with Gasteiger partial charge in [-0.2, -0.15) is 0 Å².